The van der Waals surface area contributed by atoms with E-state index in [1.54, 1.807) is 22.4 Å². The van der Waals surface area contributed by atoms with Crippen molar-refractivity contribution in [3.8, 4) is 5.75 Å². The molecule has 3 rings (SSSR count). The molecule has 1 aliphatic heterocycles. The fourth-order valence-corrected chi connectivity index (χ4v) is 3.93. The molecule has 28 heavy (non-hydrogen) atoms. The molecule has 0 saturated heterocycles. The fourth-order valence-electron chi connectivity index (χ4n) is 3.25. The maximum absolute atomic E-state index is 13.1. The first-order chi connectivity index (χ1) is 13.4. The monoisotopic (exact) mass is 400 g/mol. The van der Waals surface area contributed by atoms with E-state index in [2.05, 4.69) is 0 Å². The molecule has 1 N–H and O–H groups in total. The number of amides is 1. The number of hydrogen-bond donors (Lipinski definition) is 1. The molecule has 6 nitrogen and oxygen atoms in total. The fraction of sp³-hybridized carbons (Fsp3) is 0.333. The number of hydrogen-bond acceptors (Lipinski definition) is 6. The summed E-state index contributed by atoms with van der Waals surface area (Å²) in [6.07, 6.45) is 0. The smallest absolute Gasteiger partial charge is 0.290 e. The molecule has 0 radical (unpaired) electrons. The van der Waals surface area contributed by atoms with Crippen molar-refractivity contribution in [2.75, 3.05) is 33.8 Å². The van der Waals surface area contributed by atoms with Gasteiger partial charge >= 0.3 is 0 Å². The second-order valence-electron chi connectivity index (χ2n) is 6.78. The maximum atomic E-state index is 13.1. The van der Waals surface area contributed by atoms with Crippen LogP contribution in [-0.2, 0) is 4.79 Å². The molecule has 1 amide bonds. The van der Waals surface area contributed by atoms with Gasteiger partial charge < -0.3 is 19.6 Å². The maximum Gasteiger partial charge on any atom is 0.290 e. The van der Waals surface area contributed by atoms with Crippen LogP contribution in [0.4, 0.5) is 0 Å². The zero-order valence-corrected chi connectivity index (χ0v) is 17.0. The average Bonchev–Trinajstić information content (AvgIpc) is 3.28. The lowest BCUT2D eigenvalue weighted by Gasteiger charge is -2.28. The Morgan fingerprint density at radius 2 is 2.07 bits per heavy atom. The third-order valence-electron chi connectivity index (χ3n) is 4.57. The Hall–Kier alpha value is -2.64. The minimum absolute atomic E-state index is 0.125. The van der Waals surface area contributed by atoms with Gasteiger partial charge in [-0.05, 0) is 50.2 Å². The van der Waals surface area contributed by atoms with E-state index >= 15 is 0 Å². The van der Waals surface area contributed by atoms with Crippen molar-refractivity contribution >= 4 is 23.0 Å². The number of ketones is 1. The quantitative estimate of drug-likeness (QED) is 0.689. The number of aliphatic hydroxyl groups is 1. The molecular weight excluding hydrogens is 376 g/mol. The Bertz CT molecular complexity index is 890. The molecule has 1 aliphatic rings. The van der Waals surface area contributed by atoms with E-state index in [0.29, 0.717) is 30.3 Å². The van der Waals surface area contributed by atoms with Crippen LogP contribution < -0.4 is 4.74 Å². The van der Waals surface area contributed by atoms with Crippen LogP contribution in [-0.4, -0.2) is 60.4 Å². The van der Waals surface area contributed by atoms with E-state index in [-0.39, 0.29) is 11.4 Å². The Kier molecular flexibility index (Phi) is 6.16. The minimum atomic E-state index is -0.651. The predicted molar refractivity (Wildman–Crippen MR) is 109 cm³/mol. The highest BCUT2D eigenvalue weighted by Gasteiger charge is 2.43. The van der Waals surface area contributed by atoms with Crippen molar-refractivity contribution in [3.63, 3.8) is 0 Å². The SMILES string of the molecule is CCOc1cccc([C@H]2C(C(=O)c3cccs3)=C(O)C(=O)N2CCN(C)C)c1. The zero-order valence-electron chi connectivity index (χ0n) is 16.2. The van der Waals surface area contributed by atoms with Crippen LogP contribution in [0.3, 0.4) is 0 Å². The molecule has 148 valence electrons. The predicted octanol–water partition coefficient (Wildman–Crippen LogP) is 3.29. The molecule has 7 heteroatoms. The van der Waals surface area contributed by atoms with Crippen LogP contribution in [0.1, 0.15) is 28.2 Å². The van der Waals surface area contributed by atoms with Gasteiger partial charge in [-0.25, -0.2) is 0 Å². The van der Waals surface area contributed by atoms with Crippen LogP contribution >= 0.6 is 11.3 Å². The molecule has 0 bridgehead atoms. The number of nitrogens with zero attached hydrogens (tertiary/aromatic N) is 2. The van der Waals surface area contributed by atoms with Gasteiger partial charge in [0.15, 0.2) is 5.76 Å². The summed E-state index contributed by atoms with van der Waals surface area (Å²) in [4.78, 5) is 29.9. The van der Waals surface area contributed by atoms with Gasteiger partial charge in [-0.15, -0.1) is 11.3 Å². The molecule has 0 saturated carbocycles. The van der Waals surface area contributed by atoms with Gasteiger partial charge in [0.1, 0.15) is 5.75 Å². The largest absolute Gasteiger partial charge is 0.503 e. The zero-order chi connectivity index (χ0) is 20.3. The number of carbonyl (C=O) groups is 2. The number of aliphatic hydroxyl groups excluding tert-OH is 1. The molecular formula is C21H24N2O4S. The van der Waals surface area contributed by atoms with Crippen molar-refractivity contribution in [2.45, 2.75) is 13.0 Å². The number of rotatable bonds is 8. The van der Waals surface area contributed by atoms with Gasteiger partial charge in [0.25, 0.3) is 5.91 Å². The molecule has 2 heterocycles. The molecule has 1 aromatic heterocycles. The van der Waals surface area contributed by atoms with E-state index in [0.717, 1.165) is 5.56 Å². The van der Waals surface area contributed by atoms with Gasteiger partial charge in [0, 0.05) is 13.1 Å². The lowest BCUT2D eigenvalue weighted by atomic mass is 9.95. The van der Waals surface area contributed by atoms with Gasteiger partial charge in [-0.3, -0.25) is 9.59 Å². The van der Waals surface area contributed by atoms with Gasteiger partial charge in [-0.1, -0.05) is 18.2 Å². The number of likely N-dealkylation sites (N-methyl/N-ethyl adjacent to an activating group) is 1. The van der Waals surface area contributed by atoms with Gasteiger partial charge in [-0.2, -0.15) is 0 Å². The molecule has 0 unspecified atom stereocenters. The van der Waals surface area contributed by atoms with Crippen molar-refractivity contribution < 1.29 is 19.4 Å². The first-order valence-electron chi connectivity index (χ1n) is 9.13. The number of thiophene rings is 1. The molecule has 0 spiro atoms. The van der Waals surface area contributed by atoms with E-state index in [1.807, 2.05) is 50.2 Å². The van der Waals surface area contributed by atoms with Crippen molar-refractivity contribution in [1.82, 2.24) is 9.80 Å². The lowest BCUT2D eigenvalue weighted by Crippen LogP contribution is -2.36. The molecule has 0 aliphatic carbocycles. The topological polar surface area (TPSA) is 70.1 Å². The van der Waals surface area contributed by atoms with Crippen molar-refractivity contribution in [1.29, 1.82) is 0 Å². The number of benzene rings is 1. The Morgan fingerprint density at radius 1 is 1.29 bits per heavy atom. The third-order valence-corrected chi connectivity index (χ3v) is 5.43. The Labute approximate surface area is 168 Å². The van der Waals surface area contributed by atoms with Crippen LogP contribution in [0.2, 0.25) is 0 Å². The molecule has 1 atom stereocenters. The van der Waals surface area contributed by atoms with Crippen LogP contribution in [0.5, 0.6) is 5.75 Å². The Morgan fingerprint density at radius 3 is 2.71 bits per heavy atom. The van der Waals surface area contributed by atoms with E-state index < -0.39 is 17.7 Å². The summed E-state index contributed by atoms with van der Waals surface area (Å²) < 4.78 is 5.59. The standard InChI is InChI=1S/C21H24N2O4S/c1-4-27-15-8-5-7-14(13-15)18-17(19(24)16-9-6-12-28-16)20(25)21(26)23(18)11-10-22(2)3/h5-9,12-13,18,25H,4,10-11H2,1-3H3/t18-/m0/s1. The average molecular weight is 401 g/mol. The number of carbonyl (C=O) groups excluding carboxylic acids is 2. The summed E-state index contributed by atoms with van der Waals surface area (Å²) in [5.74, 6) is -0.646. The lowest BCUT2D eigenvalue weighted by molar-refractivity contribution is -0.129. The second-order valence-corrected chi connectivity index (χ2v) is 7.73. The normalized spacial score (nSPS) is 16.9. The second kappa shape index (κ2) is 8.58. The Balaban J connectivity index is 2.05. The number of Topliss-reactive ketones (excluding diaryl/α,β-unsaturated/α-hetero) is 1. The summed E-state index contributed by atoms with van der Waals surface area (Å²) >= 11 is 1.29. The first kappa shape index (κ1) is 20.1. The highest BCUT2D eigenvalue weighted by molar-refractivity contribution is 7.12. The highest BCUT2D eigenvalue weighted by atomic mass is 32.1. The van der Waals surface area contributed by atoms with E-state index in [9.17, 15) is 14.7 Å². The van der Waals surface area contributed by atoms with E-state index in [1.165, 1.54) is 11.3 Å². The summed E-state index contributed by atoms with van der Waals surface area (Å²) in [7, 11) is 3.83. The third kappa shape index (κ3) is 3.95. The van der Waals surface area contributed by atoms with Crippen LogP contribution in [0, 0.1) is 0 Å². The van der Waals surface area contributed by atoms with Gasteiger partial charge in [0.2, 0.25) is 5.78 Å². The summed E-state index contributed by atoms with van der Waals surface area (Å²) in [6.45, 7) is 3.41. The van der Waals surface area contributed by atoms with Crippen LogP contribution in [0.25, 0.3) is 0 Å². The summed E-state index contributed by atoms with van der Waals surface area (Å²) in [5, 5.41) is 12.4. The molecule has 1 aromatic carbocycles. The number of ether oxygens (including phenoxy) is 1. The first-order valence-corrected chi connectivity index (χ1v) is 10.0. The summed E-state index contributed by atoms with van der Waals surface area (Å²) in [6, 6.07) is 10.2. The minimum Gasteiger partial charge on any atom is -0.503 e. The van der Waals surface area contributed by atoms with Crippen LogP contribution in [0.15, 0.2) is 53.1 Å². The van der Waals surface area contributed by atoms with E-state index in [4.69, 9.17) is 4.74 Å². The van der Waals surface area contributed by atoms with Crippen molar-refractivity contribution in [2.24, 2.45) is 0 Å². The van der Waals surface area contributed by atoms with Gasteiger partial charge in [0.05, 0.1) is 23.1 Å². The molecule has 2 aromatic rings. The summed E-state index contributed by atoms with van der Waals surface area (Å²) in [5.41, 5.74) is 0.863. The van der Waals surface area contributed by atoms with Crippen molar-refractivity contribution in [3.05, 3.63) is 63.6 Å². The highest BCUT2D eigenvalue weighted by Crippen LogP contribution is 2.40. The molecule has 0 fully saturated rings.